The molecule has 136 valence electrons. The molecule has 0 spiro atoms. The van der Waals surface area contributed by atoms with E-state index >= 15 is 0 Å². The number of nitriles is 1. The third-order valence-electron chi connectivity index (χ3n) is 4.88. The maximum Gasteiger partial charge on any atom is 0.311 e. The van der Waals surface area contributed by atoms with Crippen molar-refractivity contribution in [3.63, 3.8) is 0 Å². The lowest BCUT2D eigenvalue weighted by Gasteiger charge is -2.23. The maximum absolute atomic E-state index is 12.2. The standard InChI is InChI=1S/C19H21N3O4/c20-10-13-4-3-5-15(8-13)21-17(23)12-26-19(25)14-9-18(24)22(11-14)16-6-1-2-7-16/h3-5,8,14,16H,1-2,6-7,9,11-12H2,(H,21,23)/t14-/m1/s1. The summed E-state index contributed by atoms with van der Waals surface area (Å²) in [6, 6.07) is 8.70. The van der Waals surface area contributed by atoms with E-state index in [1.54, 1.807) is 23.1 Å². The number of esters is 1. The summed E-state index contributed by atoms with van der Waals surface area (Å²) < 4.78 is 5.08. The van der Waals surface area contributed by atoms with Gasteiger partial charge >= 0.3 is 5.97 Å². The highest BCUT2D eigenvalue weighted by atomic mass is 16.5. The number of benzene rings is 1. The summed E-state index contributed by atoms with van der Waals surface area (Å²) in [5.74, 6) is -1.50. The van der Waals surface area contributed by atoms with Crippen molar-refractivity contribution in [2.24, 2.45) is 5.92 Å². The van der Waals surface area contributed by atoms with Crippen molar-refractivity contribution in [2.75, 3.05) is 18.5 Å². The van der Waals surface area contributed by atoms with Crippen molar-refractivity contribution in [2.45, 2.75) is 38.1 Å². The Morgan fingerprint density at radius 2 is 2.08 bits per heavy atom. The molecule has 7 heteroatoms. The van der Waals surface area contributed by atoms with Gasteiger partial charge in [0.25, 0.3) is 5.91 Å². The number of carbonyl (C=O) groups is 3. The second kappa shape index (κ2) is 8.00. The van der Waals surface area contributed by atoms with Crippen LogP contribution in [0.25, 0.3) is 0 Å². The van der Waals surface area contributed by atoms with E-state index in [0.29, 0.717) is 17.8 Å². The summed E-state index contributed by atoms with van der Waals surface area (Å²) in [6.45, 7) is -0.0299. The van der Waals surface area contributed by atoms with Gasteiger partial charge in [0.2, 0.25) is 5.91 Å². The van der Waals surface area contributed by atoms with Crippen LogP contribution in [0, 0.1) is 17.2 Å². The number of ether oxygens (including phenoxy) is 1. The van der Waals surface area contributed by atoms with Crippen molar-refractivity contribution in [3.05, 3.63) is 29.8 Å². The minimum absolute atomic E-state index is 0.00313. The van der Waals surface area contributed by atoms with Gasteiger partial charge in [0, 0.05) is 24.7 Å². The van der Waals surface area contributed by atoms with E-state index in [2.05, 4.69) is 5.32 Å². The molecule has 2 amide bonds. The van der Waals surface area contributed by atoms with Crippen LogP contribution in [-0.4, -0.2) is 41.9 Å². The summed E-state index contributed by atoms with van der Waals surface area (Å²) in [5, 5.41) is 11.4. The molecule has 1 N–H and O–H groups in total. The maximum atomic E-state index is 12.2. The predicted molar refractivity (Wildman–Crippen MR) is 92.8 cm³/mol. The average Bonchev–Trinajstić information content (AvgIpc) is 3.29. The first-order valence-corrected chi connectivity index (χ1v) is 8.83. The number of carbonyl (C=O) groups excluding carboxylic acids is 3. The van der Waals surface area contributed by atoms with Crippen LogP contribution in [0.2, 0.25) is 0 Å². The zero-order valence-corrected chi connectivity index (χ0v) is 14.4. The summed E-state index contributed by atoms with van der Waals surface area (Å²) in [5.41, 5.74) is 0.893. The molecule has 2 aliphatic rings. The molecule has 3 rings (SSSR count). The highest BCUT2D eigenvalue weighted by molar-refractivity contribution is 5.93. The Morgan fingerprint density at radius 1 is 1.31 bits per heavy atom. The van der Waals surface area contributed by atoms with E-state index in [-0.39, 0.29) is 18.4 Å². The molecule has 2 fully saturated rings. The molecule has 1 aliphatic heterocycles. The van der Waals surface area contributed by atoms with Crippen LogP contribution < -0.4 is 5.32 Å². The van der Waals surface area contributed by atoms with E-state index in [1.165, 1.54) is 6.07 Å². The predicted octanol–water partition coefficient (Wildman–Crippen LogP) is 1.83. The van der Waals surface area contributed by atoms with Crippen molar-refractivity contribution in [3.8, 4) is 6.07 Å². The van der Waals surface area contributed by atoms with Gasteiger partial charge in [0.05, 0.1) is 17.6 Å². The normalized spacial score (nSPS) is 20.0. The molecule has 1 aliphatic carbocycles. The number of hydrogen-bond donors (Lipinski definition) is 1. The zero-order valence-electron chi connectivity index (χ0n) is 14.4. The lowest BCUT2D eigenvalue weighted by Crippen LogP contribution is -2.35. The second-order valence-electron chi connectivity index (χ2n) is 6.73. The Morgan fingerprint density at radius 3 is 2.81 bits per heavy atom. The smallest absolute Gasteiger partial charge is 0.311 e. The Labute approximate surface area is 151 Å². The topological polar surface area (TPSA) is 99.5 Å². The van der Waals surface area contributed by atoms with Crippen LogP contribution in [0.4, 0.5) is 5.69 Å². The van der Waals surface area contributed by atoms with Crippen molar-refractivity contribution < 1.29 is 19.1 Å². The first-order valence-electron chi connectivity index (χ1n) is 8.83. The fourth-order valence-corrected chi connectivity index (χ4v) is 3.58. The van der Waals surface area contributed by atoms with Crippen LogP contribution in [0.3, 0.4) is 0 Å². The molecule has 0 radical (unpaired) electrons. The van der Waals surface area contributed by atoms with Crippen molar-refractivity contribution in [1.82, 2.24) is 4.90 Å². The number of rotatable bonds is 5. The molecular formula is C19H21N3O4. The molecule has 0 bridgehead atoms. The molecule has 0 aromatic heterocycles. The van der Waals surface area contributed by atoms with Crippen LogP contribution in [0.15, 0.2) is 24.3 Å². The second-order valence-corrected chi connectivity index (χ2v) is 6.73. The number of nitrogens with one attached hydrogen (secondary N) is 1. The molecule has 1 atom stereocenters. The molecule has 1 saturated heterocycles. The van der Waals surface area contributed by atoms with Crippen molar-refractivity contribution >= 4 is 23.5 Å². The van der Waals surface area contributed by atoms with E-state index < -0.39 is 24.4 Å². The van der Waals surface area contributed by atoms with E-state index in [1.807, 2.05) is 6.07 Å². The lowest BCUT2D eigenvalue weighted by atomic mass is 10.1. The third-order valence-corrected chi connectivity index (χ3v) is 4.88. The largest absolute Gasteiger partial charge is 0.455 e. The average molecular weight is 355 g/mol. The van der Waals surface area contributed by atoms with Crippen LogP contribution in [-0.2, 0) is 19.1 Å². The van der Waals surface area contributed by atoms with Gasteiger partial charge in [-0.2, -0.15) is 5.26 Å². The lowest BCUT2D eigenvalue weighted by molar-refractivity contribution is -0.151. The Balaban J connectivity index is 1.47. The number of hydrogen-bond acceptors (Lipinski definition) is 5. The monoisotopic (exact) mass is 355 g/mol. The Kier molecular flexibility index (Phi) is 5.52. The number of likely N-dealkylation sites (tertiary alicyclic amines) is 1. The fraction of sp³-hybridized carbons (Fsp3) is 0.474. The molecule has 26 heavy (non-hydrogen) atoms. The number of nitrogens with zero attached hydrogens (tertiary/aromatic N) is 2. The first-order chi connectivity index (χ1) is 12.6. The molecule has 1 aromatic carbocycles. The first kappa shape index (κ1) is 17.9. The highest BCUT2D eigenvalue weighted by Crippen LogP contribution is 2.29. The van der Waals surface area contributed by atoms with Crippen LogP contribution >= 0.6 is 0 Å². The van der Waals surface area contributed by atoms with Crippen LogP contribution in [0.1, 0.15) is 37.7 Å². The molecular weight excluding hydrogens is 334 g/mol. The van der Waals surface area contributed by atoms with E-state index in [4.69, 9.17) is 10.00 Å². The summed E-state index contributed by atoms with van der Waals surface area (Å²) in [6.07, 6.45) is 4.39. The Hall–Kier alpha value is -2.88. The molecule has 7 nitrogen and oxygen atoms in total. The van der Waals surface area contributed by atoms with E-state index in [9.17, 15) is 14.4 Å². The van der Waals surface area contributed by atoms with E-state index in [0.717, 1.165) is 25.7 Å². The summed E-state index contributed by atoms with van der Waals surface area (Å²) in [4.78, 5) is 38.0. The SMILES string of the molecule is N#Cc1cccc(NC(=O)COC(=O)[C@@H]2CC(=O)N(C3CCCC3)C2)c1. The molecule has 1 saturated carbocycles. The van der Waals surface area contributed by atoms with Gasteiger partial charge in [-0.25, -0.2) is 0 Å². The third kappa shape index (κ3) is 4.20. The highest BCUT2D eigenvalue weighted by Gasteiger charge is 2.39. The number of anilines is 1. The summed E-state index contributed by atoms with van der Waals surface area (Å²) >= 11 is 0. The molecule has 1 heterocycles. The zero-order chi connectivity index (χ0) is 18.5. The summed E-state index contributed by atoms with van der Waals surface area (Å²) in [7, 11) is 0. The van der Waals surface area contributed by atoms with Crippen molar-refractivity contribution in [1.29, 1.82) is 5.26 Å². The fourth-order valence-electron chi connectivity index (χ4n) is 3.58. The minimum atomic E-state index is -0.514. The minimum Gasteiger partial charge on any atom is -0.455 e. The van der Waals surface area contributed by atoms with Gasteiger partial charge in [-0.05, 0) is 31.0 Å². The van der Waals surface area contributed by atoms with Crippen LogP contribution in [0.5, 0.6) is 0 Å². The molecule has 0 unspecified atom stereocenters. The van der Waals surface area contributed by atoms with Gasteiger partial charge in [-0.3, -0.25) is 14.4 Å². The van der Waals surface area contributed by atoms with Gasteiger partial charge in [0.1, 0.15) is 0 Å². The Bertz CT molecular complexity index is 749. The van der Waals surface area contributed by atoms with Gasteiger partial charge in [-0.1, -0.05) is 18.9 Å². The molecule has 1 aromatic rings. The number of amides is 2. The quantitative estimate of drug-likeness (QED) is 0.812. The van der Waals surface area contributed by atoms with Gasteiger partial charge in [0.15, 0.2) is 6.61 Å². The van der Waals surface area contributed by atoms with Gasteiger partial charge < -0.3 is 15.0 Å². The van der Waals surface area contributed by atoms with Gasteiger partial charge in [-0.15, -0.1) is 0 Å².